The van der Waals surface area contributed by atoms with Gasteiger partial charge < -0.3 is 29.1 Å². The average molecular weight is 1180 g/mol. The number of methoxy groups -OCH3 is 1. The van der Waals surface area contributed by atoms with Gasteiger partial charge in [-0.25, -0.2) is 0 Å². The first-order valence-electron chi connectivity index (χ1n) is 31.1. The second-order valence-electron chi connectivity index (χ2n) is 22.9. The van der Waals surface area contributed by atoms with Crippen LogP contribution in [-0.4, -0.2) is 13.7 Å². The second-order valence-corrected chi connectivity index (χ2v) is 22.9. The summed E-state index contributed by atoms with van der Waals surface area (Å²) < 4.78 is 11.4. The second kappa shape index (κ2) is 25.6. The smallest absolute Gasteiger partial charge is 0.119 e. The fourth-order valence-corrected chi connectivity index (χ4v) is 12.4. The van der Waals surface area contributed by atoms with E-state index in [0.717, 1.165) is 113 Å². The molecule has 0 saturated carbocycles. The number of aryl methyl sites for hydroxylation is 2. The van der Waals surface area contributed by atoms with Gasteiger partial charge in [-0.2, -0.15) is 0 Å². The van der Waals surface area contributed by atoms with Crippen LogP contribution in [0.5, 0.6) is 11.5 Å². The van der Waals surface area contributed by atoms with Crippen molar-refractivity contribution in [2.45, 2.75) is 20.8 Å². The third-order valence-corrected chi connectivity index (χ3v) is 17.1. The predicted octanol–water partition coefficient (Wildman–Crippen LogP) is 23.9. The summed E-state index contributed by atoms with van der Waals surface area (Å²) in [4.78, 5) is 9.32. The molecule has 0 radical (unpaired) electrons. The molecule has 0 aliphatic heterocycles. The Bertz CT molecular complexity index is 4750. The first-order chi connectivity index (χ1) is 44.8. The topological polar surface area (TPSA) is 31.4 Å². The van der Waals surface area contributed by atoms with Gasteiger partial charge in [0.1, 0.15) is 11.5 Å². The molecule has 6 heteroatoms. The van der Waals surface area contributed by atoms with Gasteiger partial charge in [-0.3, -0.25) is 0 Å². The number of ether oxygens (including phenoxy) is 2. The molecule has 0 amide bonds. The van der Waals surface area contributed by atoms with Gasteiger partial charge in [-0.05, 0) is 223 Å². The Hall–Kier alpha value is -11.6. The summed E-state index contributed by atoms with van der Waals surface area (Å²) in [5, 5.41) is 4.80. The lowest BCUT2D eigenvalue weighted by Gasteiger charge is -2.27. The van der Waals surface area contributed by atoms with Crippen LogP contribution in [-0.2, 0) is 0 Å². The normalized spacial score (nSPS) is 11.1. The Morgan fingerprint density at radius 3 is 0.769 bits per heavy atom. The van der Waals surface area contributed by atoms with Crippen molar-refractivity contribution in [2.75, 3.05) is 33.3 Å². The molecule has 0 saturated heterocycles. The maximum absolute atomic E-state index is 5.83. The molecule has 0 atom stereocenters. The number of benzene rings is 14. The molecule has 14 rings (SSSR count). The van der Waals surface area contributed by atoms with E-state index < -0.39 is 0 Å². The fourth-order valence-electron chi connectivity index (χ4n) is 12.4. The van der Waals surface area contributed by atoms with Crippen molar-refractivity contribution < 1.29 is 9.47 Å². The van der Waals surface area contributed by atoms with Crippen molar-refractivity contribution in [3.63, 3.8) is 0 Å². The molecule has 91 heavy (non-hydrogen) atoms. The van der Waals surface area contributed by atoms with Gasteiger partial charge in [0.15, 0.2) is 0 Å². The summed E-state index contributed by atoms with van der Waals surface area (Å²) in [6.07, 6.45) is 0. The van der Waals surface area contributed by atoms with Gasteiger partial charge in [0.25, 0.3) is 0 Å². The van der Waals surface area contributed by atoms with Gasteiger partial charge in [-0.15, -0.1) is 0 Å². The van der Waals surface area contributed by atoms with E-state index in [9.17, 15) is 0 Å². The minimum absolute atomic E-state index is 0.623. The monoisotopic (exact) mass is 1180 g/mol. The first kappa shape index (κ1) is 57.2. The number of rotatable bonds is 18. The predicted molar refractivity (Wildman–Crippen MR) is 384 cm³/mol. The maximum Gasteiger partial charge on any atom is 0.119 e. The Morgan fingerprint density at radius 2 is 0.484 bits per heavy atom. The van der Waals surface area contributed by atoms with Crippen molar-refractivity contribution in [1.82, 2.24) is 0 Å². The molecule has 0 aromatic heterocycles. The average Bonchev–Trinajstić information content (AvgIpc) is 1.42. The fraction of sp³-hybridized carbons (Fsp3) is 0.0588. The van der Waals surface area contributed by atoms with Crippen molar-refractivity contribution >= 4 is 89.8 Å². The summed E-state index contributed by atoms with van der Waals surface area (Å²) in [7, 11) is 1.71. The molecule has 0 N–H and O–H groups in total. The SMILES string of the molecule is CCOc1ccc(N(c2ccc(-c3ccc(N(c4ccc(C)cc4)c4ccc(-c5ccc(N(c6ccc(OC)cc6)c6ccc(-c7ccc(N(c8ccc(C)cc8)c8cccc9ccccc89)cc7)cc6)cc5)cc4)cc3)cc2)c2cccc3ccccc23)cc1. The lowest BCUT2D eigenvalue weighted by Crippen LogP contribution is -2.10. The number of anilines is 12. The van der Waals surface area contributed by atoms with Gasteiger partial charge in [-0.1, -0.05) is 181 Å². The van der Waals surface area contributed by atoms with Crippen molar-refractivity contribution in [2.24, 2.45) is 0 Å². The van der Waals surface area contributed by atoms with E-state index in [0.29, 0.717) is 6.61 Å². The van der Waals surface area contributed by atoms with Crippen LogP contribution in [0, 0.1) is 13.8 Å². The minimum atomic E-state index is 0.623. The third-order valence-electron chi connectivity index (χ3n) is 17.1. The Morgan fingerprint density at radius 1 is 0.242 bits per heavy atom. The number of nitrogens with zero attached hydrogens (tertiary/aromatic N) is 4. The van der Waals surface area contributed by atoms with Crippen LogP contribution < -0.4 is 29.1 Å². The Balaban J connectivity index is 0.715. The number of hydrogen-bond acceptors (Lipinski definition) is 6. The van der Waals surface area contributed by atoms with E-state index in [2.05, 4.69) is 337 Å². The van der Waals surface area contributed by atoms with Crippen molar-refractivity contribution in [1.29, 1.82) is 0 Å². The minimum Gasteiger partial charge on any atom is -0.497 e. The summed E-state index contributed by atoms with van der Waals surface area (Å²) >= 11 is 0. The zero-order chi connectivity index (χ0) is 61.6. The van der Waals surface area contributed by atoms with Gasteiger partial charge >= 0.3 is 0 Å². The number of fused-ring (bicyclic) bond motifs is 2. The quantitative estimate of drug-likeness (QED) is 0.0851. The highest BCUT2D eigenvalue weighted by molar-refractivity contribution is 6.00. The zero-order valence-electron chi connectivity index (χ0n) is 51.5. The highest BCUT2D eigenvalue weighted by Gasteiger charge is 2.20. The van der Waals surface area contributed by atoms with E-state index in [1.165, 1.54) is 32.7 Å². The molecule has 14 aromatic carbocycles. The van der Waals surface area contributed by atoms with Crippen LogP contribution in [0.1, 0.15) is 18.1 Å². The molecule has 0 bridgehead atoms. The first-order valence-corrected chi connectivity index (χ1v) is 31.1. The summed E-state index contributed by atoms with van der Waals surface area (Å²) in [6, 6.07) is 118. The summed E-state index contributed by atoms with van der Waals surface area (Å²) in [5.74, 6) is 1.67. The largest absolute Gasteiger partial charge is 0.497 e. The molecular formula is C85H68N4O2. The van der Waals surface area contributed by atoms with Crippen molar-refractivity contribution in [3.8, 4) is 44.9 Å². The molecule has 0 aliphatic carbocycles. The highest BCUT2D eigenvalue weighted by atomic mass is 16.5. The summed E-state index contributed by atoms with van der Waals surface area (Å²) in [6.45, 7) is 6.90. The molecular weight excluding hydrogens is 1110 g/mol. The van der Waals surface area contributed by atoms with E-state index in [1.54, 1.807) is 7.11 Å². The van der Waals surface area contributed by atoms with Gasteiger partial charge in [0, 0.05) is 67.6 Å². The molecule has 0 spiro atoms. The molecule has 14 aromatic rings. The zero-order valence-corrected chi connectivity index (χ0v) is 51.5. The van der Waals surface area contributed by atoms with Gasteiger partial charge in [0.05, 0.1) is 25.1 Å². The molecule has 0 unspecified atom stereocenters. The molecule has 440 valence electrons. The van der Waals surface area contributed by atoms with E-state index >= 15 is 0 Å². The van der Waals surface area contributed by atoms with Crippen LogP contribution in [0.25, 0.3) is 54.9 Å². The number of hydrogen-bond donors (Lipinski definition) is 0. The highest BCUT2D eigenvalue weighted by Crippen LogP contribution is 2.44. The van der Waals surface area contributed by atoms with E-state index in [4.69, 9.17) is 9.47 Å². The molecule has 0 aliphatic rings. The lowest BCUT2D eigenvalue weighted by atomic mass is 10.0. The maximum atomic E-state index is 5.83. The molecule has 6 nitrogen and oxygen atoms in total. The van der Waals surface area contributed by atoms with Crippen molar-refractivity contribution in [3.05, 3.63) is 339 Å². The lowest BCUT2D eigenvalue weighted by molar-refractivity contribution is 0.340. The van der Waals surface area contributed by atoms with Crippen LogP contribution in [0.3, 0.4) is 0 Å². The third kappa shape index (κ3) is 12.0. The van der Waals surface area contributed by atoms with Gasteiger partial charge in [0.2, 0.25) is 0 Å². The van der Waals surface area contributed by atoms with Crippen LogP contribution in [0.2, 0.25) is 0 Å². The standard InChI is InChI=1S/C85H68N4O2/c1-5-91-81-58-54-79(55-59-81)89(85-19-11-15-69-13-7-9-17-83(69)85)78-50-34-67(35-51-78)64-26-42-72(43-27-64)86(70-36-20-60(2)21-37-70)71-40-24-62(25-41-71)63-28-44-73(45-29-63)87(75-52-56-80(90-4)57-53-75)74-46-30-65(31-47-74)66-32-48-77(49-33-66)88(76-38-22-61(3)23-39-76)84-18-10-14-68-12-6-8-16-82(68)84/h6-59H,5H2,1-4H3. The molecule has 0 fully saturated rings. The summed E-state index contributed by atoms with van der Waals surface area (Å²) in [5.41, 5.74) is 22.2. The van der Waals surface area contributed by atoms with E-state index in [-0.39, 0.29) is 0 Å². The van der Waals surface area contributed by atoms with Crippen LogP contribution in [0.4, 0.5) is 68.2 Å². The Labute approximate surface area is 534 Å². The molecule has 0 heterocycles. The Kier molecular flexibility index (Phi) is 16.1. The van der Waals surface area contributed by atoms with Crippen LogP contribution in [0.15, 0.2) is 328 Å². The van der Waals surface area contributed by atoms with Crippen LogP contribution >= 0.6 is 0 Å². The van der Waals surface area contributed by atoms with E-state index in [1.807, 2.05) is 31.2 Å².